The first-order chi connectivity index (χ1) is 15.8. The molecule has 1 aliphatic rings. The number of amides is 1. The van der Waals surface area contributed by atoms with Crippen LogP contribution in [-0.4, -0.2) is 59.7 Å². The Hall–Kier alpha value is -2.47. The fourth-order valence-corrected chi connectivity index (χ4v) is 5.98. The van der Waals surface area contributed by atoms with E-state index in [2.05, 4.69) is 10.3 Å². The number of carbonyl (C=O) groups excluding carboxylic acids is 1. The summed E-state index contributed by atoms with van der Waals surface area (Å²) in [4.78, 5) is 17.4. The third-order valence-electron chi connectivity index (χ3n) is 5.37. The van der Waals surface area contributed by atoms with E-state index in [1.54, 1.807) is 25.1 Å². The fraction of sp³-hybridized carbons (Fsp3) is 0.364. The lowest BCUT2D eigenvalue weighted by Gasteiger charge is -2.26. The molecule has 0 radical (unpaired) electrons. The van der Waals surface area contributed by atoms with E-state index in [-0.39, 0.29) is 16.6 Å². The smallest absolute Gasteiger partial charge is 0.243 e. The van der Waals surface area contributed by atoms with Crippen molar-refractivity contribution in [3.8, 4) is 0 Å². The lowest BCUT2D eigenvalue weighted by molar-refractivity contribution is -0.115. The molecule has 1 aromatic heterocycles. The Morgan fingerprint density at radius 3 is 2.58 bits per heavy atom. The Morgan fingerprint density at radius 2 is 1.91 bits per heavy atom. The van der Waals surface area contributed by atoms with Crippen molar-refractivity contribution in [1.82, 2.24) is 13.9 Å². The number of aryl methyl sites for hydroxylation is 1. The van der Waals surface area contributed by atoms with Crippen LogP contribution in [0.25, 0.3) is 11.0 Å². The zero-order chi connectivity index (χ0) is 23.6. The van der Waals surface area contributed by atoms with Crippen LogP contribution in [0.15, 0.2) is 52.5 Å². The van der Waals surface area contributed by atoms with Crippen LogP contribution in [0.1, 0.15) is 13.8 Å². The topological polar surface area (TPSA) is 93.5 Å². The highest BCUT2D eigenvalue weighted by Crippen LogP contribution is 2.30. The number of morpholine rings is 1. The summed E-state index contributed by atoms with van der Waals surface area (Å²) < 4.78 is 47.7. The molecule has 3 aromatic rings. The number of nitrogens with zero attached hydrogens (tertiary/aromatic N) is 3. The minimum atomic E-state index is -3.63. The molecule has 0 aliphatic carbocycles. The van der Waals surface area contributed by atoms with Gasteiger partial charge in [0.15, 0.2) is 5.16 Å². The molecule has 1 fully saturated rings. The normalized spacial score (nSPS) is 16.1. The van der Waals surface area contributed by atoms with E-state index in [9.17, 15) is 17.6 Å². The van der Waals surface area contributed by atoms with Crippen LogP contribution in [0.4, 0.5) is 10.1 Å². The number of halogens is 1. The third-order valence-corrected chi connectivity index (χ3v) is 8.36. The van der Waals surface area contributed by atoms with Gasteiger partial charge in [-0.2, -0.15) is 4.31 Å². The number of benzene rings is 2. The maximum Gasteiger partial charge on any atom is 0.243 e. The van der Waals surface area contributed by atoms with Gasteiger partial charge in [0.05, 0.1) is 34.4 Å². The summed E-state index contributed by atoms with van der Waals surface area (Å²) >= 11 is 1.28. The summed E-state index contributed by atoms with van der Waals surface area (Å²) in [6.45, 7) is 5.75. The third kappa shape index (κ3) is 5.06. The largest absolute Gasteiger partial charge is 0.379 e. The number of nitrogens with one attached hydrogen (secondary N) is 1. The van der Waals surface area contributed by atoms with Crippen molar-refractivity contribution in [2.24, 2.45) is 0 Å². The van der Waals surface area contributed by atoms with Crippen molar-refractivity contribution in [3.63, 3.8) is 0 Å². The second-order valence-electron chi connectivity index (χ2n) is 7.56. The second-order valence-corrected chi connectivity index (χ2v) is 10.8. The summed E-state index contributed by atoms with van der Waals surface area (Å²) in [7, 11) is -3.63. The van der Waals surface area contributed by atoms with Crippen LogP contribution >= 0.6 is 11.8 Å². The summed E-state index contributed by atoms with van der Waals surface area (Å²) in [5.41, 5.74) is 1.86. The first-order valence-electron chi connectivity index (χ1n) is 10.6. The number of thioether (sulfide) groups is 1. The molecule has 0 bridgehead atoms. The number of hydrogen-bond donors (Lipinski definition) is 1. The molecule has 1 aliphatic heterocycles. The molecule has 2 heterocycles. The zero-order valence-corrected chi connectivity index (χ0v) is 20.0. The van der Waals surface area contributed by atoms with Crippen molar-refractivity contribution in [2.45, 2.75) is 35.7 Å². The molecule has 0 saturated carbocycles. The highest BCUT2D eigenvalue weighted by atomic mass is 32.2. The van der Waals surface area contributed by atoms with Gasteiger partial charge in [0.2, 0.25) is 15.9 Å². The lowest BCUT2D eigenvalue weighted by Crippen LogP contribution is -2.40. The number of ether oxygens (including phenoxy) is 1. The highest BCUT2D eigenvalue weighted by Gasteiger charge is 2.27. The number of rotatable bonds is 7. The number of imidazole rings is 1. The summed E-state index contributed by atoms with van der Waals surface area (Å²) in [5.74, 6) is -0.612. The number of aromatic nitrogens is 2. The fourth-order valence-electron chi connectivity index (χ4n) is 3.57. The van der Waals surface area contributed by atoms with E-state index in [0.717, 1.165) is 5.52 Å². The maximum absolute atomic E-state index is 13.1. The molecule has 1 atom stereocenters. The number of carbonyl (C=O) groups is 1. The van der Waals surface area contributed by atoms with Crippen LogP contribution in [0.3, 0.4) is 0 Å². The Morgan fingerprint density at radius 1 is 1.21 bits per heavy atom. The molecular formula is C22H25FN4O4S2. The number of sulfonamides is 1. The molecule has 4 rings (SSSR count). The van der Waals surface area contributed by atoms with Crippen LogP contribution in [0.5, 0.6) is 0 Å². The molecule has 1 N–H and O–H groups in total. The van der Waals surface area contributed by atoms with Gasteiger partial charge >= 0.3 is 0 Å². The Labute approximate surface area is 196 Å². The van der Waals surface area contributed by atoms with Gasteiger partial charge < -0.3 is 14.6 Å². The molecule has 1 amide bonds. The standard InChI is InChI=1S/C22H25FN4O4S2/c1-3-27-20-9-8-18(33(29,30)26-10-12-31-13-11-26)14-19(20)25-22(27)32-15(2)21(28)24-17-6-4-16(23)5-7-17/h4-9,14-15H,3,10-13H2,1-2H3,(H,24,28). The molecule has 1 saturated heterocycles. The maximum atomic E-state index is 13.1. The second kappa shape index (κ2) is 9.80. The van der Waals surface area contributed by atoms with E-state index in [0.29, 0.717) is 49.2 Å². The van der Waals surface area contributed by atoms with E-state index < -0.39 is 15.3 Å². The molecule has 1 unspecified atom stereocenters. The average molecular weight is 493 g/mol. The lowest BCUT2D eigenvalue weighted by atomic mass is 10.3. The molecule has 33 heavy (non-hydrogen) atoms. The van der Waals surface area contributed by atoms with E-state index in [4.69, 9.17) is 4.74 Å². The molecular weight excluding hydrogens is 467 g/mol. The van der Waals surface area contributed by atoms with Gasteiger partial charge in [-0.05, 0) is 56.3 Å². The van der Waals surface area contributed by atoms with E-state index >= 15 is 0 Å². The minimum Gasteiger partial charge on any atom is -0.379 e. The van der Waals surface area contributed by atoms with Gasteiger partial charge in [-0.1, -0.05) is 11.8 Å². The van der Waals surface area contributed by atoms with Crippen LogP contribution < -0.4 is 5.32 Å². The number of hydrogen-bond acceptors (Lipinski definition) is 6. The predicted molar refractivity (Wildman–Crippen MR) is 125 cm³/mol. The van der Waals surface area contributed by atoms with Crippen LogP contribution in [0.2, 0.25) is 0 Å². The van der Waals surface area contributed by atoms with Crippen molar-refractivity contribution in [1.29, 1.82) is 0 Å². The van der Waals surface area contributed by atoms with E-state index in [1.807, 2.05) is 11.5 Å². The quantitative estimate of drug-likeness (QED) is 0.509. The first-order valence-corrected chi connectivity index (χ1v) is 12.9. The molecule has 8 nitrogen and oxygen atoms in total. The Bertz CT molecular complexity index is 1260. The highest BCUT2D eigenvalue weighted by molar-refractivity contribution is 8.00. The summed E-state index contributed by atoms with van der Waals surface area (Å²) in [6.07, 6.45) is 0. The molecule has 176 valence electrons. The van der Waals surface area contributed by atoms with Gasteiger partial charge in [-0.3, -0.25) is 4.79 Å². The number of fused-ring (bicyclic) bond motifs is 1. The molecule has 11 heteroatoms. The first kappa shape index (κ1) is 23.7. The zero-order valence-electron chi connectivity index (χ0n) is 18.3. The van der Waals surface area contributed by atoms with Crippen molar-refractivity contribution in [3.05, 3.63) is 48.3 Å². The van der Waals surface area contributed by atoms with Gasteiger partial charge in [0.1, 0.15) is 5.82 Å². The summed E-state index contributed by atoms with van der Waals surface area (Å²) in [5, 5.41) is 2.91. The van der Waals surface area contributed by atoms with Gasteiger partial charge in [-0.15, -0.1) is 0 Å². The van der Waals surface area contributed by atoms with Crippen molar-refractivity contribution >= 4 is 44.4 Å². The van der Waals surface area contributed by atoms with Gasteiger partial charge in [0, 0.05) is 25.3 Å². The number of anilines is 1. The van der Waals surface area contributed by atoms with E-state index in [1.165, 1.54) is 40.3 Å². The SMILES string of the molecule is CCn1c(SC(C)C(=O)Nc2ccc(F)cc2)nc2cc(S(=O)(=O)N3CCOCC3)ccc21. The average Bonchev–Trinajstić information content (AvgIpc) is 3.17. The monoisotopic (exact) mass is 492 g/mol. The van der Waals surface area contributed by atoms with Crippen LogP contribution in [-0.2, 0) is 26.1 Å². The minimum absolute atomic E-state index is 0.191. The summed E-state index contributed by atoms with van der Waals surface area (Å²) in [6, 6.07) is 10.5. The molecule has 0 spiro atoms. The Balaban J connectivity index is 1.56. The van der Waals surface area contributed by atoms with Gasteiger partial charge in [0.25, 0.3) is 0 Å². The Kier molecular flexibility index (Phi) is 7.03. The predicted octanol–water partition coefficient (Wildman–Crippen LogP) is 3.34. The van der Waals surface area contributed by atoms with Crippen LogP contribution in [0, 0.1) is 5.82 Å². The molecule has 2 aromatic carbocycles. The van der Waals surface area contributed by atoms with Crippen molar-refractivity contribution < 1.29 is 22.3 Å². The van der Waals surface area contributed by atoms with Gasteiger partial charge in [-0.25, -0.2) is 17.8 Å². The van der Waals surface area contributed by atoms with Crippen molar-refractivity contribution in [2.75, 3.05) is 31.6 Å².